The maximum absolute atomic E-state index is 13.0. The number of benzene rings is 3. The second-order valence-electron chi connectivity index (χ2n) is 10.5. The lowest BCUT2D eigenvalue weighted by Crippen LogP contribution is -2.37. The predicted molar refractivity (Wildman–Crippen MR) is 191 cm³/mol. The van der Waals surface area contributed by atoms with Gasteiger partial charge in [0.25, 0.3) is 5.91 Å². The number of halogens is 3. The van der Waals surface area contributed by atoms with Crippen molar-refractivity contribution in [3.63, 3.8) is 0 Å². The minimum atomic E-state index is -0.483. The van der Waals surface area contributed by atoms with Gasteiger partial charge in [0.15, 0.2) is 0 Å². The Morgan fingerprint density at radius 1 is 0.979 bits per heavy atom. The van der Waals surface area contributed by atoms with Crippen LogP contribution >= 0.6 is 35.6 Å². The van der Waals surface area contributed by atoms with E-state index in [2.05, 4.69) is 10.6 Å². The van der Waals surface area contributed by atoms with Gasteiger partial charge in [-0.15, -0.1) is 12.4 Å². The van der Waals surface area contributed by atoms with Crippen LogP contribution in [0.1, 0.15) is 27.2 Å². The number of nitrogens with one attached hydrogen (secondary N) is 2. The van der Waals surface area contributed by atoms with Crippen LogP contribution in [0.5, 0.6) is 11.5 Å². The van der Waals surface area contributed by atoms with E-state index >= 15 is 0 Å². The van der Waals surface area contributed by atoms with Gasteiger partial charge in [0, 0.05) is 61.6 Å². The number of hydrogen-bond acceptors (Lipinski definition) is 7. The number of likely N-dealkylation sites (N-methyl/N-ethyl adjacent to an activating group) is 1. The van der Waals surface area contributed by atoms with Crippen molar-refractivity contribution in [2.45, 2.75) is 13.5 Å². The van der Waals surface area contributed by atoms with Crippen LogP contribution in [0.25, 0.3) is 17.0 Å². The van der Waals surface area contributed by atoms with Crippen molar-refractivity contribution in [1.82, 2.24) is 15.6 Å². The van der Waals surface area contributed by atoms with Gasteiger partial charge >= 0.3 is 0 Å². The molecule has 2 N–H and O–H groups in total. The van der Waals surface area contributed by atoms with E-state index in [0.717, 1.165) is 16.8 Å². The lowest BCUT2D eigenvalue weighted by molar-refractivity contribution is -0.122. The molecule has 0 saturated carbocycles. The molecule has 0 unspecified atom stereocenters. The first kappa shape index (κ1) is 37.0. The molecule has 0 aliphatic carbocycles. The van der Waals surface area contributed by atoms with Gasteiger partial charge in [-0.3, -0.25) is 14.4 Å². The summed E-state index contributed by atoms with van der Waals surface area (Å²) in [6, 6.07) is 15.9. The molecule has 0 aliphatic rings. The highest BCUT2D eigenvalue weighted by molar-refractivity contribution is 6.38. The molecular formula is C34H36Cl3N5O5. The number of rotatable bonds is 11. The Morgan fingerprint density at radius 3 is 2.40 bits per heavy atom. The minimum Gasteiger partial charge on any atom is -0.496 e. The number of nitrogens with zero attached hydrogens (tertiary/aromatic N) is 3. The van der Waals surface area contributed by atoms with Crippen molar-refractivity contribution < 1.29 is 23.9 Å². The van der Waals surface area contributed by atoms with E-state index in [4.69, 9.17) is 37.7 Å². The Morgan fingerprint density at radius 2 is 1.72 bits per heavy atom. The van der Waals surface area contributed by atoms with Crippen molar-refractivity contribution in [1.29, 1.82) is 0 Å². The maximum atomic E-state index is 13.0. The van der Waals surface area contributed by atoms with Crippen molar-refractivity contribution in [3.8, 4) is 11.5 Å². The average molecular weight is 701 g/mol. The summed E-state index contributed by atoms with van der Waals surface area (Å²) in [7, 11) is 8.49. The molecule has 0 aliphatic heterocycles. The SMILES string of the molecule is CNC(=O)c1ccc(/C=C/C(=O)NCC(=O)N(C)c2ccc(Cl)c(COc3cccc4c(N(C)C)cc(C)nc34)c2Cl)cc1OC.Cl. The molecule has 0 radical (unpaired) electrons. The summed E-state index contributed by atoms with van der Waals surface area (Å²) < 4.78 is 11.5. The molecule has 1 heterocycles. The van der Waals surface area contributed by atoms with Gasteiger partial charge < -0.3 is 29.9 Å². The fourth-order valence-corrected chi connectivity index (χ4v) is 5.33. The Hall–Kier alpha value is -4.51. The van der Waals surface area contributed by atoms with E-state index in [0.29, 0.717) is 44.4 Å². The molecule has 3 amide bonds. The van der Waals surface area contributed by atoms with Gasteiger partial charge in [-0.1, -0.05) is 41.4 Å². The molecule has 0 spiro atoms. The average Bonchev–Trinajstić information content (AvgIpc) is 3.04. The summed E-state index contributed by atoms with van der Waals surface area (Å²) in [6.45, 7) is 1.69. The van der Waals surface area contributed by atoms with Crippen LogP contribution in [0, 0.1) is 6.92 Å². The number of hydrogen-bond donors (Lipinski definition) is 2. The molecule has 47 heavy (non-hydrogen) atoms. The molecule has 10 nitrogen and oxygen atoms in total. The Bertz CT molecular complexity index is 1830. The molecular weight excluding hydrogens is 665 g/mol. The maximum Gasteiger partial charge on any atom is 0.254 e. The zero-order valence-corrected chi connectivity index (χ0v) is 29.1. The molecule has 0 saturated heterocycles. The molecule has 13 heteroatoms. The predicted octanol–water partition coefficient (Wildman–Crippen LogP) is 6.08. The molecule has 4 aromatic rings. The normalized spacial score (nSPS) is 10.7. The summed E-state index contributed by atoms with van der Waals surface area (Å²) >= 11 is 13.3. The first-order valence-corrected chi connectivity index (χ1v) is 15.0. The summed E-state index contributed by atoms with van der Waals surface area (Å²) in [5, 5.41) is 6.70. The van der Waals surface area contributed by atoms with Gasteiger partial charge in [0.05, 0.1) is 29.9 Å². The van der Waals surface area contributed by atoms with Gasteiger partial charge in [-0.25, -0.2) is 4.98 Å². The summed E-state index contributed by atoms with van der Waals surface area (Å²) in [4.78, 5) is 45.6. The second-order valence-corrected chi connectivity index (χ2v) is 11.3. The monoisotopic (exact) mass is 699 g/mol. The van der Waals surface area contributed by atoms with E-state index in [1.54, 1.807) is 43.5 Å². The van der Waals surface area contributed by atoms with E-state index in [1.165, 1.54) is 25.1 Å². The quantitative estimate of drug-likeness (QED) is 0.183. The molecule has 0 fully saturated rings. The number of pyridine rings is 1. The number of anilines is 2. The smallest absolute Gasteiger partial charge is 0.254 e. The number of amides is 3. The van der Waals surface area contributed by atoms with E-state index in [1.807, 2.05) is 50.2 Å². The summed E-state index contributed by atoms with van der Waals surface area (Å²) in [5.41, 5.74) is 4.50. The molecule has 4 rings (SSSR count). The van der Waals surface area contributed by atoms with Gasteiger partial charge in [0.2, 0.25) is 11.8 Å². The lowest BCUT2D eigenvalue weighted by atomic mass is 10.1. The number of carbonyl (C=O) groups is 3. The van der Waals surface area contributed by atoms with E-state index in [9.17, 15) is 14.4 Å². The number of fused-ring (bicyclic) bond motifs is 1. The Balaban J connectivity index is 0.00000600. The molecule has 3 aromatic carbocycles. The van der Waals surface area contributed by atoms with Gasteiger partial charge in [-0.2, -0.15) is 0 Å². The number of ether oxygens (including phenoxy) is 2. The Labute approximate surface area is 290 Å². The van der Waals surface area contributed by atoms with Crippen molar-refractivity contribution >= 4 is 81.7 Å². The standard InChI is InChI=1S/C34H35Cl2N5O5.ClH/c1-20-16-27(40(3)4)22-8-7-9-28(33(22)39-20)46-19-24-25(35)13-14-26(32(24)36)41(5)31(43)18-38-30(42)15-11-21-10-12-23(34(44)37-2)29(17-21)45-6;/h7-17H,18-19H2,1-6H3,(H,37,44)(H,38,42);1H/b15-11+;. The van der Waals surface area contributed by atoms with Crippen LogP contribution in [-0.2, 0) is 16.2 Å². The number of aryl methyl sites for hydroxylation is 1. The number of para-hydroxylation sites is 1. The highest BCUT2D eigenvalue weighted by Crippen LogP contribution is 2.36. The lowest BCUT2D eigenvalue weighted by Gasteiger charge is -2.21. The number of carbonyl (C=O) groups excluding carboxylic acids is 3. The van der Waals surface area contributed by atoms with Crippen molar-refractivity contribution in [3.05, 3.63) is 93.1 Å². The van der Waals surface area contributed by atoms with Crippen LogP contribution < -0.4 is 29.9 Å². The number of methoxy groups -OCH3 is 1. The highest BCUT2D eigenvalue weighted by Gasteiger charge is 2.20. The summed E-state index contributed by atoms with van der Waals surface area (Å²) in [6.07, 6.45) is 2.84. The molecule has 1 aromatic heterocycles. The highest BCUT2D eigenvalue weighted by atomic mass is 35.5. The fourth-order valence-electron chi connectivity index (χ4n) is 4.72. The van der Waals surface area contributed by atoms with Crippen LogP contribution in [-0.4, -0.2) is 64.6 Å². The third-order valence-electron chi connectivity index (χ3n) is 7.20. The molecule has 0 bridgehead atoms. The summed E-state index contributed by atoms with van der Waals surface area (Å²) in [5.74, 6) is -0.235. The van der Waals surface area contributed by atoms with E-state index in [-0.39, 0.29) is 36.5 Å². The van der Waals surface area contributed by atoms with E-state index < -0.39 is 11.8 Å². The number of aromatic nitrogens is 1. The van der Waals surface area contributed by atoms with Crippen LogP contribution in [0.15, 0.2) is 60.7 Å². The minimum absolute atomic E-state index is 0. The zero-order valence-electron chi connectivity index (χ0n) is 26.8. The first-order chi connectivity index (χ1) is 21.9. The van der Waals surface area contributed by atoms with Crippen LogP contribution in [0.3, 0.4) is 0 Å². The third-order valence-corrected chi connectivity index (χ3v) is 7.98. The van der Waals surface area contributed by atoms with Crippen molar-refractivity contribution in [2.75, 3.05) is 51.6 Å². The van der Waals surface area contributed by atoms with Crippen LogP contribution in [0.2, 0.25) is 10.0 Å². The fraction of sp³-hybridized carbons (Fsp3) is 0.235. The zero-order chi connectivity index (χ0) is 33.5. The third kappa shape index (κ3) is 8.65. The topological polar surface area (TPSA) is 113 Å². The van der Waals surface area contributed by atoms with Crippen LogP contribution in [0.4, 0.5) is 11.4 Å². The second kappa shape index (κ2) is 16.4. The molecule has 248 valence electrons. The van der Waals surface area contributed by atoms with Gasteiger partial charge in [0.1, 0.15) is 23.6 Å². The first-order valence-electron chi connectivity index (χ1n) is 14.2. The Kier molecular flexibility index (Phi) is 12.9. The largest absolute Gasteiger partial charge is 0.496 e. The van der Waals surface area contributed by atoms with Crippen molar-refractivity contribution in [2.24, 2.45) is 0 Å². The van der Waals surface area contributed by atoms with Gasteiger partial charge in [-0.05, 0) is 55.0 Å². The molecule has 0 atom stereocenters.